The van der Waals surface area contributed by atoms with Gasteiger partial charge < -0.3 is 15.0 Å². The Morgan fingerprint density at radius 2 is 2.33 bits per heavy atom. The van der Waals surface area contributed by atoms with E-state index in [2.05, 4.69) is 15.3 Å². The summed E-state index contributed by atoms with van der Waals surface area (Å²) in [5.74, 6) is 0.125. The summed E-state index contributed by atoms with van der Waals surface area (Å²) in [5.41, 5.74) is 0.383. The van der Waals surface area contributed by atoms with Gasteiger partial charge in [0.1, 0.15) is 5.82 Å². The molecule has 0 spiro atoms. The van der Waals surface area contributed by atoms with Crippen LogP contribution in [0.25, 0.3) is 0 Å². The van der Waals surface area contributed by atoms with Crippen LogP contribution in [0.3, 0.4) is 0 Å². The quantitative estimate of drug-likeness (QED) is 0.862. The Labute approximate surface area is 103 Å². The normalized spacial score (nSPS) is 10.1. The number of H-pyrrole nitrogens is 1. The lowest BCUT2D eigenvalue weighted by Crippen LogP contribution is -2.14. The number of aromatic amines is 1. The predicted molar refractivity (Wildman–Crippen MR) is 65.1 cm³/mol. The van der Waals surface area contributed by atoms with E-state index in [1.807, 2.05) is 0 Å². The van der Waals surface area contributed by atoms with E-state index < -0.39 is 0 Å². The Morgan fingerprint density at radius 3 is 3.06 bits per heavy atom. The molecular formula is C12H12FN3O2. The van der Waals surface area contributed by atoms with E-state index in [0.29, 0.717) is 12.4 Å². The molecule has 0 aliphatic heterocycles. The highest BCUT2D eigenvalue weighted by atomic mass is 19.1. The van der Waals surface area contributed by atoms with Crippen molar-refractivity contribution in [2.24, 2.45) is 0 Å². The van der Waals surface area contributed by atoms with Crippen molar-refractivity contribution in [3.63, 3.8) is 0 Å². The molecule has 0 atom stereocenters. The van der Waals surface area contributed by atoms with Crippen molar-refractivity contribution in [2.75, 3.05) is 12.4 Å². The number of halogens is 1. The van der Waals surface area contributed by atoms with Gasteiger partial charge in [-0.1, -0.05) is 12.1 Å². The Morgan fingerprint density at radius 1 is 1.50 bits per heavy atom. The lowest BCUT2D eigenvalue weighted by molar-refractivity contribution is 0.408. The van der Waals surface area contributed by atoms with Gasteiger partial charge in [-0.3, -0.25) is 4.79 Å². The first-order chi connectivity index (χ1) is 8.70. The zero-order valence-electron chi connectivity index (χ0n) is 9.74. The number of nitrogens with zero attached hydrogens (tertiary/aromatic N) is 1. The van der Waals surface area contributed by atoms with Crippen LogP contribution < -0.4 is 15.6 Å². The Kier molecular flexibility index (Phi) is 3.57. The van der Waals surface area contributed by atoms with Crippen LogP contribution in [0.1, 0.15) is 5.56 Å². The molecule has 2 rings (SSSR count). The Bertz CT molecular complexity index is 598. The number of methoxy groups -OCH3 is 1. The van der Waals surface area contributed by atoms with Crippen LogP contribution in [0.2, 0.25) is 0 Å². The summed E-state index contributed by atoms with van der Waals surface area (Å²) in [7, 11) is 1.39. The van der Waals surface area contributed by atoms with E-state index in [-0.39, 0.29) is 17.1 Å². The first-order valence-electron chi connectivity index (χ1n) is 5.30. The van der Waals surface area contributed by atoms with E-state index in [1.54, 1.807) is 12.1 Å². The summed E-state index contributed by atoms with van der Waals surface area (Å²) in [6, 6.07) is 6.17. The van der Waals surface area contributed by atoms with E-state index in [9.17, 15) is 9.18 Å². The molecule has 0 aliphatic carbocycles. The average Bonchev–Trinajstić information content (AvgIpc) is 2.36. The van der Waals surface area contributed by atoms with Crippen LogP contribution in [-0.2, 0) is 6.54 Å². The molecule has 1 aromatic carbocycles. The smallest absolute Gasteiger partial charge is 0.295 e. The van der Waals surface area contributed by atoms with Crippen LogP contribution in [0.4, 0.5) is 10.2 Å². The lowest BCUT2D eigenvalue weighted by Gasteiger charge is -2.08. The van der Waals surface area contributed by atoms with Crippen LogP contribution >= 0.6 is 0 Å². The molecule has 2 N–H and O–H groups in total. The maximum atomic E-state index is 13.0. The van der Waals surface area contributed by atoms with Gasteiger partial charge in [-0.25, -0.2) is 9.37 Å². The van der Waals surface area contributed by atoms with Crippen molar-refractivity contribution in [2.45, 2.75) is 6.54 Å². The zero-order chi connectivity index (χ0) is 13.0. The van der Waals surface area contributed by atoms with Crippen LogP contribution in [-0.4, -0.2) is 17.1 Å². The van der Waals surface area contributed by atoms with Gasteiger partial charge in [-0.05, 0) is 17.7 Å². The summed E-state index contributed by atoms with van der Waals surface area (Å²) < 4.78 is 17.9. The second kappa shape index (κ2) is 5.31. The van der Waals surface area contributed by atoms with Crippen LogP contribution in [0.5, 0.6) is 5.75 Å². The van der Waals surface area contributed by atoms with Crippen molar-refractivity contribution in [3.05, 3.63) is 52.3 Å². The number of aromatic nitrogens is 2. The standard InChI is InChI=1S/C12H12FN3O2/c1-18-10-11(15-7-16-12(10)17)14-6-8-3-2-4-9(13)5-8/h2-5,7H,6H2,1H3,(H2,14,15,16,17). The summed E-state index contributed by atoms with van der Waals surface area (Å²) in [6.45, 7) is 0.352. The molecular weight excluding hydrogens is 237 g/mol. The minimum atomic E-state index is -0.366. The highest BCUT2D eigenvalue weighted by molar-refractivity contribution is 5.48. The Hall–Kier alpha value is -2.37. The molecule has 2 aromatic rings. The predicted octanol–water partition coefficient (Wildman–Crippen LogP) is 1.53. The third-order valence-electron chi connectivity index (χ3n) is 2.36. The summed E-state index contributed by atoms with van der Waals surface area (Å²) in [6.07, 6.45) is 1.28. The highest BCUT2D eigenvalue weighted by Gasteiger charge is 2.08. The van der Waals surface area contributed by atoms with E-state index in [1.165, 1.54) is 25.6 Å². The summed E-state index contributed by atoms with van der Waals surface area (Å²) in [5, 5.41) is 2.93. The van der Waals surface area contributed by atoms with Crippen molar-refractivity contribution >= 4 is 5.82 Å². The number of ether oxygens (including phenoxy) is 1. The molecule has 0 radical (unpaired) electrons. The minimum absolute atomic E-state index is 0.105. The van der Waals surface area contributed by atoms with Crippen LogP contribution in [0, 0.1) is 5.82 Å². The van der Waals surface area contributed by atoms with Gasteiger partial charge >= 0.3 is 0 Å². The van der Waals surface area contributed by atoms with Gasteiger partial charge in [0.15, 0.2) is 5.82 Å². The molecule has 18 heavy (non-hydrogen) atoms. The molecule has 6 heteroatoms. The highest BCUT2D eigenvalue weighted by Crippen LogP contribution is 2.15. The fourth-order valence-corrected chi connectivity index (χ4v) is 1.54. The fraction of sp³-hybridized carbons (Fsp3) is 0.167. The third kappa shape index (κ3) is 2.65. The Balaban J connectivity index is 2.16. The largest absolute Gasteiger partial charge is 0.489 e. The molecule has 0 saturated carbocycles. The van der Waals surface area contributed by atoms with Crippen molar-refractivity contribution < 1.29 is 9.13 Å². The van der Waals surface area contributed by atoms with E-state index in [4.69, 9.17) is 4.74 Å². The van der Waals surface area contributed by atoms with E-state index >= 15 is 0 Å². The van der Waals surface area contributed by atoms with Gasteiger partial charge in [0.2, 0.25) is 5.75 Å². The molecule has 0 saturated heterocycles. The minimum Gasteiger partial charge on any atom is -0.489 e. The molecule has 1 aromatic heterocycles. The number of hydrogen-bond donors (Lipinski definition) is 2. The van der Waals surface area contributed by atoms with Gasteiger partial charge in [0.05, 0.1) is 13.4 Å². The molecule has 1 heterocycles. The summed E-state index contributed by atoms with van der Waals surface area (Å²) >= 11 is 0. The van der Waals surface area contributed by atoms with Crippen molar-refractivity contribution in [3.8, 4) is 5.75 Å². The number of hydrogen-bond acceptors (Lipinski definition) is 4. The molecule has 94 valence electrons. The number of benzene rings is 1. The van der Waals surface area contributed by atoms with Gasteiger partial charge in [-0.2, -0.15) is 0 Å². The third-order valence-corrected chi connectivity index (χ3v) is 2.36. The first-order valence-corrected chi connectivity index (χ1v) is 5.30. The number of nitrogens with one attached hydrogen (secondary N) is 2. The van der Waals surface area contributed by atoms with E-state index in [0.717, 1.165) is 5.56 Å². The molecule has 0 amide bonds. The SMILES string of the molecule is COc1c(NCc2cccc(F)c2)nc[nH]c1=O. The monoisotopic (exact) mass is 249 g/mol. The maximum Gasteiger partial charge on any atom is 0.295 e. The molecule has 0 unspecified atom stereocenters. The fourth-order valence-electron chi connectivity index (χ4n) is 1.54. The first kappa shape index (κ1) is 12.1. The lowest BCUT2D eigenvalue weighted by atomic mass is 10.2. The van der Waals surface area contributed by atoms with Gasteiger partial charge in [0.25, 0.3) is 5.56 Å². The topological polar surface area (TPSA) is 67.0 Å². The van der Waals surface area contributed by atoms with Crippen LogP contribution in [0.15, 0.2) is 35.4 Å². The second-order valence-corrected chi connectivity index (χ2v) is 3.60. The second-order valence-electron chi connectivity index (χ2n) is 3.60. The summed E-state index contributed by atoms with van der Waals surface area (Å²) in [4.78, 5) is 17.8. The molecule has 0 fully saturated rings. The number of rotatable bonds is 4. The average molecular weight is 249 g/mol. The molecule has 5 nitrogen and oxygen atoms in total. The van der Waals surface area contributed by atoms with Crippen molar-refractivity contribution in [1.29, 1.82) is 0 Å². The number of anilines is 1. The van der Waals surface area contributed by atoms with Gasteiger partial charge in [0, 0.05) is 6.54 Å². The molecule has 0 bridgehead atoms. The zero-order valence-corrected chi connectivity index (χ0v) is 9.74. The van der Waals surface area contributed by atoms with Gasteiger partial charge in [-0.15, -0.1) is 0 Å². The maximum absolute atomic E-state index is 13.0. The van der Waals surface area contributed by atoms with Crippen molar-refractivity contribution in [1.82, 2.24) is 9.97 Å². The molecule has 0 aliphatic rings.